The molecule has 134 valence electrons. The van der Waals surface area contributed by atoms with Crippen LogP contribution in [-0.4, -0.2) is 26.0 Å². The van der Waals surface area contributed by atoms with Gasteiger partial charge in [-0.2, -0.15) is 0 Å². The molecule has 0 aliphatic rings. The van der Waals surface area contributed by atoms with Gasteiger partial charge in [0.2, 0.25) is 9.84 Å². The topological polar surface area (TPSA) is 85.4 Å². The Balaban J connectivity index is 2.06. The van der Waals surface area contributed by atoms with Crippen molar-refractivity contribution in [3.63, 3.8) is 0 Å². The summed E-state index contributed by atoms with van der Waals surface area (Å²) in [7, 11) is -3.89. The Bertz CT molecular complexity index is 1000. The number of hydrogen-bond donors (Lipinski definition) is 1. The molecule has 6 nitrogen and oxygen atoms in total. The van der Waals surface area contributed by atoms with E-state index in [1.807, 2.05) is 30.3 Å². The number of thiazole rings is 1. The summed E-state index contributed by atoms with van der Waals surface area (Å²) in [5.41, 5.74) is 0.527. The van der Waals surface area contributed by atoms with E-state index >= 15 is 0 Å². The van der Waals surface area contributed by atoms with Crippen molar-refractivity contribution in [2.45, 2.75) is 16.0 Å². The normalized spacial score (nSPS) is 11.1. The van der Waals surface area contributed by atoms with E-state index in [1.54, 1.807) is 25.1 Å². The highest BCUT2D eigenvalue weighted by atomic mass is 32.2. The van der Waals surface area contributed by atoms with E-state index in [-0.39, 0.29) is 21.4 Å². The van der Waals surface area contributed by atoms with E-state index in [0.717, 1.165) is 17.0 Å². The van der Waals surface area contributed by atoms with Gasteiger partial charge >= 0.3 is 5.97 Å². The van der Waals surface area contributed by atoms with Gasteiger partial charge in [0.1, 0.15) is 0 Å². The maximum Gasteiger partial charge on any atom is 0.359 e. The van der Waals surface area contributed by atoms with Gasteiger partial charge in [0.05, 0.1) is 11.5 Å². The van der Waals surface area contributed by atoms with Gasteiger partial charge in [-0.05, 0) is 31.2 Å². The van der Waals surface area contributed by atoms with Gasteiger partial charge in [-0.15, -0.1) is 0 Å². The smallest absolute Gasteiger partial charge is 0.359 e. The predicted octanol–water partition coefficient (Wildman–Crippen LogP) is 3.90. The van der Waals surface area contributed by atoms with Crippen LogP contribution in [0.3, 0.4) is 0 Å². The predicted molar refractivity (Wildman–Crippen MR) is 99.7 cm³/mol. The minimum atomic E-state index is -3.89. The second-order valence-corrected chi connectivity index (χ2v) is 8.33. The van der Waals surface area contributed by atoms with Crippen LogP contribution in [0.15, 0.2) is 69.8 Å². The minimum Gasteiger partial charge on any atom is -0.461 e. The summed E-state index contributed by atoms with van der Waals surface area (Å²) < 4.78 is 30.8. The lowest BCUT2D eigenvalue weighted by atomic mass is 10.3. The third-order valence-corrected chi connectivity index (χ3v) is 6.64. The molecular formula is C18H16N2O4S2. The number of hydrogen-bond acceptors (Lipinski definition) is 7. The monoisotopic (exact) mass is 388 g/mol. The molecule has 8 heteroatoms. The highest BCUT2D eigenvalue weighted by molar-refractivity contribution is 7.93. The molecule has 0 atom stereocenters. The van der Waals surface area contributed by atoms with E-state index in [1.165, 1.54) is 12.1 Å². The fraction of sp³-hybridized carbons (Fsp3) is 0.111. The molecule has 1 aromatic heterocycles. The molecule has 26 heavy (non-hydrogen) atoms. The van der Waals surface area contributed by atoms with E-state index in [0.29, 0.717) is 5.13 Å². The Labute approximate surface area is 155 Å². The van der Waals surface area contributed by atoms with Crippen LogP contribution in [0.5, 0.6) is 0 Å². The summed E-state index contributed by atoms with van der Waals surface area (Å²) in [6.07, 6.45) is 0. The molecule has 1 heterocycles. The number of esters is 1. The number of nitrogens with zero attached hydrogens (tertiary/aromatic N) is 1. The molecule has 3 rings (SSSR count). The molecule has 0 saturated carbocycles. The summed E-state index contributed by atoms with van der Waals surface area (Å²) in [5.74, 6) is -0.764. The maximum atomic E-state index is 13.0. The largest absolute Gasteiger partial charge is 0.461 e. The zero-order valence-corrected chi connectivity index (χ0v) is 15.5. The van der Waals surface area contributed by atoms with E-state index < -0.39 is 15.8 Å². The van der Waals surface area contributed by atoms with Crippen molar-refractivity contribution in [2.75, 3.05) is 11.9 Å². The summed E-state index contributed by atoms with van der Waals surface area (Å²) in [5, 5.41) is 3.32. The van der Waals surface area contributed by atoms with Gasteiger partial charge in [0.15, 0.2) is 15.0 Å². The highest BCUT2D eigenvalue weighted by Gasteiger charge is 2.30. The molecule has 3 aromatic rings. The molecule has 0 fully saturated rings. The zero-order valence-electron chi connectivity index (χ0n) is 13.9. The lowest BCUT2D eigenvalue weighted by Gasteiger charge is -2.04. The Kier molecular flexibility index (Phi) is 5.34. The van der Waals surface area contributed by atoms with Crippen LogP contribution in [0.25, 0.3) is 0 Å². The second kappa shape index (κ2) is 7.67. The summed E-state index contributed by atoms with van der Waals surface area (Å²) >= 11 is 0.899. The van der Waals surface area contributed by atoms with E-state index in [9.17, 15) is 13.2 Å². The Morgan fingerprint density at radius 2 is 1.69 bits per heavy atom. The fourth-order valence-electron chi connectivity index (χ4n) is 2.22. The first-order valence-electron chi connectivity index (χ1n) is 7.82. The van der Waals surface area contributed by atoms with Crippen LogP contribution >= 0.6 is 11.3 Å². The number of aromatic nitrogens is 1. The highest BCUT2D eigenvalue weighted by Crippen LogP contribution is 2.34. The molecular weight excluding hydrogens is 372 g/mol. The Morgan fingerprint density at radius 3 is 2.31 bits per heavy atom. The third-order valence-electron chi connectivity index (χ3n) is 3.39. The van der Waals surface area contributed by atoms with E-state index in [4.69, 9.17) is 4.74 Å². The van der Waals surface area contributed by atoms with Crippen LogP contribution in [0.2, 0.25) is 0 Å². The van der Waals surface area contributed by atoms with Crippen molar-refractivity contribution in [3.8, 4) is 0 Å². The SMILES string of the molecule is CCOC(=O)c1nc(Nc2ccccc2)sc1S(=O)(=O)c1ccccc1. The first-order valence-corrected chi connectivity index (χ1v) is 10.1. The molecule has 0 aliphatic heterocycles. The van der Waals surface area contributed by atoms with Crippen molar-refractivity contribution in [1.82, 2.24) is 4.98 Å². The van der Waals surface area contributed by atoms with Crippen molar-refractivity contribution in [2.24, 2.45) is 0 Å². The number of carbonyl (C=O) groups is 1. The molecule has 0 unspecified atom stereocenters. The average molecular weight is 388 g/mol. The first kappa shape index (κ1) is 18.1. The second-order valence-electron chi connectivity index (χ2n) is 5.18. The van der Waals surface area contributed by atoms with Crippen LogP contribution in [0, 0.1) is 0 Å². The molecule has 0 radical (unpaired) electrons. The molecule has 0 spiro atoms. The molecule has 0 saturated heterocycles. The first-order chi connectivity index (χ1) is 12.5. The van der Waals surface area contributed by atoms with Gasteiger partial charge in [-0.25, -0.2) is 18.2 Å². The van der Waals surface area contributed by atoms with Gasteiger partial charge in [-0.1, -0.05) is 47.7 Å². The van der Waals surface area contributed by atoms with Crippen molar-refractivity contribution < 1.29 is 17.9 Å². The van der Waals surface area contributed by atoms with Crippen LogP contribution in [0.4, 0.5) is 10.8 Å². The number of anilines is 2. The van der Waals surface area contributed by atoms with Crippen molar-refractivity contribution in [1.29, 1.82) is 0 Å². The van der Waals surface area contributed by atoms with Crippen molar-refractivity contribution in [3.05, 3.63) is 66.4 Å². The summed E-state index contributed by atoms with van der Waals surface area (Å²) in [4.78, 5) is 16.5. The molecule has 1 N–H and O–H groups in total. The van der Waals surface area contributed by atoms with Gasteiger partial charge in [0, 0.05) is 5.69 Å². The standard InChI is InChI=1S/C18H16N2O4S2/c1-2-24-16(21)15-17(26(22,23)14-11-7-4-8-12-14)25-18(20-15)19-13-9-5-3-6-10-13/h3-12H,2H2,1H3,(H,19,20). The number of rotatable bonds is 6. The number of carbonyl (C=O) groups excluding carboxylic acids is 1. The molecule has 0 aliphatic carbocycles. The number of para-hydroxylation sites is 1. The molecule has 2 aromatic carbocycles. The summed E-state index contributed by atoms with van der Waals surface area (Å²) in [6, 6.07) is 17.1. The Hall–Kier alpha value is -2.71. The van der Waals surface area contributed by atoms with Crippen LogP contribution in [0.1, 0.15) is 17.4 Å². The lowest BCUT2D eigenvalue weighted by Crippen LogP contribution is -2.11. The van der Waals surface area contributed by atoms with Gasteiger partial charge in [-0.3, -0.25) is 0 Å². The van der Waals surface area contributed by atoms with Crippen molar-refractivity contribution >= 4 is 38.0 Å². The van der Waals surface area contributed by atoms with Crippen LogP contribution in [-0.2, 0) is 14.6 Å². The fourth-order valence-corrected chi connectivity index (χ4v) is 5.01. The zero-order chi connectivity index (χ0) is 18.6. The number of benzene rings is 2. The van der Waals surface area contributed by atoms with Gasteiger partial charge in [0.25, 0.3) is 0 Å². The Morgan fingerprint density at radius 1 is 1.08 bits per heavy atom. The quantitative estimate of drug-likeness (QED) is 0.645. The van der Waals surface area contributed by atoms with Crippen LogP contribution < -0.4 is 5.32 Å². The maximum absolute atomic E-state index is 13.0. The minimum absolute atomic E-state index is 0.0976. The van der Waals surface area contributed by atoms with E-state index in [2.05, 4.69) is 10.3 Å². The lowest BCUT2D eigenvalue weighted by molar-refractivity contribution is 0.0516. The number of ether oxygens (including phenoxy) is 1. The number of sulfone groups is 1. The summed E-state index contributed by atoms with van der Waals surface area (Å²) in [6.45, 7) is 1.78. The third kappa shape index (κ3) is 3.76. The van der Waals surface area contributed by atoms with Gasteiger partial charge < -0.3 is 10.1 Å². The average Bonchev–Trinajstić information content (AvgIpc) is 3.08. The number of nitrogens with one attached hydrogen (secondary N) is 1. The molecule has 0 amide bonds. The molecule has 0 bridgehead atoms.